The summed E-state index contributed by atoms with van der Waals surface area (Å²) in [7, 11) is 0. The Morgan fingerprint density at radius 3 is 2.63 bits per heavy atom. The van der Waals surface area contributed by atoms with Crippen LogP contribution in [0.25, 0.3) is 11.1 Å². The summed E-state index contributed by atoms with van der Waals surface area (Å²) in [6, 6.07) is 17.4. The molecule has 1 saturated carbocycles. The minimum Gasteiger partial charge on any atom is -0.489 e. The summed E-state index contributed by atoms with van der Waals surface area (Å²) in [5.41, 5.74) is 6.45. The second kappa shape index (κ2) is 10.0. The number of alkyl halides is 1. The van der Waals surface area contributed by atoms with Crippen LogP contribution in [0.3, 0.4) is 0 Å². The number of halogens is 2. The second-order valence-corrected chi connectivity index (χ2v) is 12.3. The van der Waals surface area contributed by atoms with Crippen LogP contribution in [0, 0.1) is 24.1 Å². The molecule has 38 heavy (non-hydrogen) atoms. The van der Waals surface area contributed by atoms with Gasteiger partial charge in [0.2, 0.25) is 0 Å². The highest BCUT2D eigenvalue weighted by atomic mass is 35.5. The van der Waals surface area contributed by atoms with Crippen molar-refractivity contribution in [3.8, 4) is 16.9 Å². The molecule has 1 fully saturated rings. The number of aryl methyl sites for hydroxylation is 2. The van der Waals surface area contributed by atoms with Crippen molar-refractivity contribution in [1.29, 1.82) is 0 Å². The number of benzene rings is 3. The monoisotopic (exact) mass is 534 g/mol. The zero-order chi connectivity index (χ0) is 27.2. The molecule has 0 heterocycles. The van der Waals surface area contributed by atoms with Gasteiger partial charge in [-0.15, -0.1) is 11.6 Å². The molecule has 2 aliphatic carbocycles. The number of rotatable bonds is 7. The van der Waals surface area contributed by atoms with E-state index in [0.29, 0.717) is 18.8 Å². The van der Waals surface area contributed by atoms with Crippen LogP contribution in [0.4, 0.5) is 4.39 Å². The van der Waals surface area contributed by atoms with Crippen molar-refractivity contribution in [2.75, 3.05) is 6.61 Å². The van der Waals surface area contributed by atoms with E-state index in [4.69, 9.17) is 21.1 Å². The quantitative estimate of drug-likeness (QED) is 0.225. The Balaban J connectivity index is 1.40. The van der Waals surface area contributed by atoms with Crippen molar-refractivity contribution >= 4 is 17.6 Å². The maximum Gasteiger partial charge on any atom is 0.309 e. The SMILES string of the molecule is CCOC(=O)[C@@H]1C[C@]12CCc1ccc(OCc3ccc(-c4cc(C)ccc4F)c(C(Cl)C(C)(C)C)c3)cc12. The smallest absolute Gasteiger partial charge is 0.309 e. The summed E-state index contributed by atoms with van der Waals surface area (Å²) in [4.78, 5) is 12.4. The van der Waals surface area contributed by atoms with Gasteiger partial charge in [-0.25, -0.2) is 4.39 Å². The first kappa shape index (κ1) is 26.7. The van der Waals surface area contributed by atoms with Crippen LogP contribution >= 0.6 is 11.6 Å². The lowest BCUT2D eigenvalue weighted by atomic mass is 9.83. The summed E-state index contributed by atoms with van der Waals surface area (Å²) in [6.45, 7) is 10.9. The van der Waals surface area contributed by atoms with Crippen molar-refractivity contribution in [2.45, 2.75) is 71.3 Å². The zero-order valence-corrected chi connectivity index (χ0v) is 23.6. The Morgan fingerprint density at radius 1 is 1.11 bits per heavy atom. The first-order chi connectivity index (χ1) is 18.0. The lowest BCUT2D eigenvalue weighted by molar-refractivity contribution is -0.145. The molecule has 0 bridgehead atoms. The minimum absolute atomic E-state index is 0.0471. The average molecular weight is 535 g/mol. The third kappa shape index (κ3) is 4.96. The van der Waals surface area contributed by atoms with Gasteiger partial charge in [0.15, 0.2) is 0 Å². The van der Waals surface area contributed by atoms with Crippen LogP contribution < -0.4 is 4.74 Å². The van der Waals surface area contributed by atoms with Crippen molar-refractivity contribution in [2.24, 2.45) is 11.3 Å². The van der Waals surface area contributed by atoms with Gasteiger partial charge in [0, 0.05) is 11.0 Å². The van der Waals surface area contributed by atoms with E-state index in [0.717, 1.165) is 47.3 Å². The fourth-order valence-corrected chi connectivity index (χ4v) is 6.07. The van der Waals surface area contributed by atoms with Gasteiger partial charge in [-0.2, -0.15) is 0 Å². The number of hydrogen-bond acceptors (Lipinski definition) is 3. The third-order valence-electron chi connectivity index (χ3n) is 8.07. The summed E-state index contributed by atoms with van der Waals surface area (Å²) >= 11 is 6.98. The summed E-state index contributed by atoms with van der Waals surface area (Å²) in [6.07, 6.45) is 2.82. The van der Waals surface area contributed by atoms with Gasteiger partial charge in [-0.1, -0.05) is 56.7 Å². The van der Waals surface area contributed by atoms with Gasteiger partial charge in [-0.3, -0.25) is 4.79 Å². The maximum atomic E-state index is 14.9. The number of carbonyl (C=O) groups is 1. The molecule has 3 atom stereocenters. The molecule has 0 aromatic heterocycles. The topological polar surface area (TPSA) is 35.5 Å². The summed E-state index contributed by atoms with van der Waals surface area (Å²) in [5, 5.41) is -0.313. The molecule has 1 unspecified atom stereocenters. The van der Waals surface area contributed by atoms with Crippen LogP contribution in [-0.2, 0) is 28.0 Å². The van der Waals surface area contributed by atoms with E-state index in [1.54, 1.807) is 6.07 Å². The van der Waals surface area contributed by atoms with Gasteiger partial charge < -0.3 is 9.47 Å². The van der Waals surface area contributed by atoms with Crippen LogP contribution in [-0.4, -0.2) is 12.6 Å². The van der Waals surface area contributed by atoms with E-state index in [1.807, 2.05) is 44.2 Å². The standard InChI is InChI=1S/C33H36ClFO3/c1-6-37-31(36)28-18-33(28)14-13-22-9-10-23(17-27(22)33)38-19-21-8-11-24(25-15-20(2)7-12-29(25)35)26(16-21)30(34)32(3,4)5/h7-12,15-17,28,30H,6,13-14,18-19H2,1-5H3/t28-,30?,33-/m0/s1. The molecule has 3 nitrogen and oxygen atoms in total. The molecule has 3 aromatic rings. The molecule has 5 rings (SSSR count). The van der Waals surface area contributed by atoms with E-state index < -0.39 is 0 Å². The lowest BCUT2D eigenvalue weighted by Crippen LogP contribution is -2.15. The van der Waals surface area contributed by atoms with Crippen molar-refractivity contribution in [3.05, 3.63) is 88.2 Å². The van der Waals surface area contributed by atoms with Crippen LogP contribution in [0.5, 0.6) is 5.75 Å². The fourth-order valence-electron chi connectivity index (χ4n) is 5.89. The lowest BCUT2D eigenvalue weighted by Gasteiger charge is -2.28. The van der Waals surface area contributed by atoms with Crippen molar-refractivity contribution < 1.29 is 18.7 Å². The van der Waals surface area contributed by atoms with E-state index >= 15 is 0 Å². The van der Waals surface area contributed by atoms with Crippen molar-refractivity contribution in [1.82, 2.24) is 0 Å². The molecular formula is C33H36ClFO3. The predicted octanol–water partition coefficient (Wildman–Crippen LogP) is 8.47. The summed E-state index contributed by atoms with van der Waals surface area (Å²) in [5.74, 6) is 0.396. The number of hydrogen-bond donors (Lipinski definition) is 0. The Kier molecular flexibility index (Phi) is 7.06. The molecule has 0 saturated heterocycles. The highest BCUT2D eigenvalue weighted by Gasteiger charge is 2.62. The molecule has 0 N–H and O–H groups in total. The second-order valence-electron chi connectivity index (χ2n) is 11.9. The van der Waals surface area contributed by atoms with Crippen LogP contribution in [0.15, 0.2) is 54.6 Å². The van der Waals surface area contributed by atoms with Gasteiger partial charge >= 0.3 is 5.97 Å². The van der Waals surface area contributed by atoms with E-state index in [1.165, 1.54) is 17.2 Å². The van der Waals surface area contributed by atoms with Gasteiger partial charge in [0.1, 0.15) is 18.2 Å². The van der Waals surface area contributed by atoms with E-state index in [-0.39, 0.29) is 33.9 Å². The molecule has 5 heteroatoms. The molecule has 2 aliphatic rings. The highest BCUT2D eigenvalue weighted by Crippen LogP contribution is 2.62. The third-order valence-corrected chi connectivity index (χ3v) is 8.96. The largest absolute Gasteiger partial charge is 0.489 e. The Bertz CT molecular complexity index is 1380. The Morgan fingerprint density at radius 2 is 1.89 bits per heavy atom. The van der Waals surface area contributed by atoms with Gasteiger partial charge in [-0.05, 0) is 90.6 Å². The molecule has 200 valence electrons. The number of carbonyl (C=O) groups excluding carboxylic acids is 1. The first-order valence-electron chi connectivity index (χ1n) is 13.5. The number of fused-ring (bicyclic) bond motifs is 2. The summed E-state index contributed by atoms with van der Waals surface area (Å²) < 4.78 is 26.4. The predicted molar refractivity (Wildman–Crippen MR) is 150 cm³/mol. The number of ether oxygens (including phenoxy) is 2. The highest BCUT2D eigenvalue weighted by molar-refractivity contribution is 6.21. The molecule has 0 radical (unpaired) electrons. The molecule has 0 aliphatic heterocycles. The Hall–Kier alpha value is -2.85. The Labute approximate surface area is 230 Å². The number of esters is 1. The molecule has 0 amide bonds. The van der Waals surface area contributed by atoms with E-state index in [9.17, 15) is 9.18 Å². The first-order valence-corrected chi connectivity index (χ1v) is 13.9. The average Bonchev–Trinajstić information content (AvgIpc) is 3.52. The molecule has 3 aromatic carbocycles. The minimum atomic E-state index is -0.313. The normalized spacial score (nSPS) is 20.8. The molecule has 1 spiro atoms. The fraction of sp³-hybridized carbons (Fsp3) is 0.424. The van der Waals surface area contributed by atoms with E-state index in [2.05, 4.69) is 32.9 Å². The molecular weight excluding hydrogens is 499 g/mol. The van der Waals surface area contributed by atoms with Crippen LogP contribution in [0.1, 0.15) is 73.7 Å². The van der Waals surface area contributed by atoms with Crippen molar-refractivity contribution in [3.63, 3.8) is 0 Å². The van der Waals surface area contributed by atoms with Gasteiger partial charge in [0.05, 0.1) is 17.9 Å². The zero-order valence-electron chi connectivity index (χ0n) is 22.9. The van der Waals surface area contributed by atoms with Crippen LogP contribution in [0.2, 0.25) is 0 Å². The van der Waals surface area contributed by atoms with Gasteiger partial charge in [0.25, 0.3) is 0 Å². The maximum absolute atomic E-state index is 14.9.